The standard InChI is InChI=1S/C21H19ClN2OS/c1-21(2)18-11-13-5-3-4-6-16(13)24(18)25-19(21)9-10-20-23-15-12-14(22)7-8-17(15)26-20/h3-10,12,18-19H,11H2,1-2H3. The third-order valence-electron chi connectivity index (χ3n) is 5.52. The zero-order valence-corrected chi connectivity index (χ0v) is 16.2. The second-order valence-electron chi connectivity index (χ2n) is 7.55. The Morgan fingerprint density at radius 2 is 2.12 bits per heavy atom. The number of nitrogens with zero attached hydrogens (tertiary/aromatic N) is 2. The van der Waals surface area contributed by atoms with Crippen LogP contribution in [0.3, 0.4) is 0 Å². The molecular formula is C21H19ClN2OS. The minimum absolute atomic E-state index is 0.0233. The molecule has 2 aliphatic rings. The number of benzene rings is 2. The molecule has 0 N–H and O–H groups in total. The molecule has 2 atom stereocenters. The molecule has 0 amide bonds. The summed E-state index contributed by atoms with van der Waals surface area (Å²) in [6, 6.07) is 14.7. The summed E-state index contributed by atoms with van der Waals surface area (Å²) in [6.45, 7) is 4.58. The van der Waals surface area contributed by atoms with Crippen LogP contribution < -0.4 is 5.06 Å². The van der Waals surface area contributed by atoms with Crippen LogP contribution in [0.5, 0.6) is 0 Å². The molecule has 0 bridgehead atoms. The Bertz CT molecular complexity index is 1030. The van der Waals surface area contributed by atoms with Gasteiger partial charge in [-0.2, -0.15) is 0 Å². The zero-order valence-electron chi connectivity index (χ0n) is 14.6. The second-order valence-corrected chi connectivity index (χ2v) is 9.04. The van der Waals surface area contributed by atoms with Crippen LogP contribution >= 0.6 is 22.9 Å². The van der Waals surface area contributed by atoms with E-state index in [0.717, 1.165) is 26.7 Å². The van der Waals surface area contributed by atoms with Crippen molar-refractivity contribution in [1.29, 1.82) is 0 Å². The monoisotopic (exact) mass is 382 g/mol. The van der Waals surface area contributed by atoms with E-state index in [1.807, 2.05) is 18.2 Å². The van der Waals surface area contributed by atoms with Crippen molar-refractivity contribution in [2.24, 2.45) is 5.41 Å². The van der Waals surface area contributed by atoms with E-state index >= 15 is 0 Å². The van der Waals surface area contributed by atoms with Crippen molar-refractivity contribution in [1.82, 2.24) is 4.98 Å². The highest BCUT2D eigenvalue weighted by Gasteiger charge is 2.52. The van der Waals surface area contributed by atoms with E-state index in [2.05, 4.69) is 60.3 Å². The van der Waals surface area contributed by atoms with Crippen molar-refractivity contribution in [2.75, 3.05) is 5.06 Å². The topological polar surface area (TPSA) is 25.4 Å². The Labute approximate surface area is 161 Å². The fourth-order valence-corrected chi connectivity index (χ4v) is 4.97. The van der Waals surface area contributed by atoms with Crippen molar-refractivity contribution >= 4 is 44.9 Å². The summed E-state index contributed by atoms with van der Waals surface area (Å²) in [6.07, 6.45) is 5.29. The lowest BCUT2D eigenvalue weighted by atomic mass is 9.78. The second kappa shape index (κ2) is 5.81. The Morgan fingerprint density at radius 3 is 3.00 bits per heavy atom. The molecular weight excluding hydrogens is 364 g/mol. The molecule has 132 valence electrons. The highest BCUT2D eigenvalue weighted by atomic mass is 35.5. The summed E-state index contributed by atoms with van der Waals surface area (Å²) in [5.41, 5.74) is 3.55. The molecule has 3 heterocycles. The number of fused-ring (bicyclic) bond motifs is 4. The normalized spacial score (nSPS) is 23.7. The first-order valence-corrected chi connectivity index (χ1v) is 10.00. The van der Waals surface area contributed by atoms with Crippen molar-refractivity contribution in [3.8, 4) is 0 Å². The van der Waals surface area contributed by atoms with Gasteiger partial charge < -0.3 is 0 Å². The lowest BCUT2D eigenvalue weighted by Crippen LogP contribution is -2.36. The molecule has 5 rings (SSSR count). The minimum Gasteiger partial charge on any atom is -0.265 e. The molecule has 0 saturated carbocycles. The van der Waals surface area contributed by atoms with Gasteiger partial charge in [0.1, 0.15) is 11.1 Å². The van der Waals surface area contributed by atoms with Gasteiger partial charge in [-0.1, -0.05) is 43.6 Å². The van der Waals surface area contributed by atoms with Gasteiger partial charge in [-0.05, 0) is 48.4 Å². The van der Waals surface area contributed by atoms with Crippen LogP contribution in [0, 0.1) is 5.41 Å². The summed E-state index contributed by atoms with van der Waals surface area (Å²) in [4.78, 5) is 11.0. The summed E-state index contributed by atoms with van der Waals surface area (Å²) in [7, 11) is 0. The maximum atomic E-state index is 6.34. The van der Waals surface area contributed by atoms with Gasteiger partial charge in [0.2, 0.25) is 0 Å². The molecule has 26 heavy (non-hydrogen) atoms. The first-order chi connectivity index (χ1) is 12.5. The van der Waals surface area contributed by atoms with Crippen LogP contribution in [0.2, 0.25) is 5.02 Å². The minimum atomic E-state index is 0.0233. The Morgan fingerprint density at radius 1 is 1.27 bits per heavy atom. The highest BCUT2D eigenvalue weighted by molar-refractivity contribution is 7.19. The molecule has 5 heteroatoms. The molecule has 2 aromatic carbocycles. The van der Waals surface area contributed by atoms with Crippen LogP contribution in [-0.2, 0) is 11.3 Å². The van der Waals surface area contributed by atoms with E-state index in [4.69, 9.17) is 16.4 Å². The maximum Gasteiger partial charge on any atom is 0.117 e. The van der Waals surface area contributed by atoms with Gasteiger partial charge in [-0.25, -0.2) is 10.0 Å². The molecule has 1 saturated heterocycles. The third kappa shape index (κ3) is 2.48. The van der Waals surface area contributed by atoms with E-state index in [1.54, 1.807) is 11.3 Å². The van der Waals surface area contributed by atoms with Crippen LogP contribution in [0.15, 0.2) is 48.5 Å². The largest absolute Gasteiger partial charge is 0.265 e. The number of hydroxylamine groups is 1. The van der Waals surface area contributed by atoms with Gasteiger partial charge in [-0.15, -0.1) is 11.3 Å². The molecule has 3 aromatic rings. The number of aromatic nitrogens is 1. The average Bonchev–Trinajstić information content (AvgIpc) is 3.25. The molecule has 0 aliphatic carbocycles. The van der Waals surface area contributed by atoms with Crippen LogP contribution in [0.4, 0.5) is 5.69 Å². The van der Waals surface area contributed by atoms with Gasteiger partial charge >= 0.3 is 0 Å². The van der Waals surface area contributed by atoms with Crippen molar-refractivity contribution in [3.63, 3.8) is 0 Å². The van der Waals surface area contributed by atoms with E-state index in [-0.39, 0.29) is 11.5 Å². The smallest absolute Gasteiger partial charge is 0.117 e. The summed E-state index contributed by atoms with van der Waals surface area (Å²) in [5.74, 6) is 0. The molecule has 0 spiro atoms. The molecule has 2 aliphatic heterocycles. The summed E-state index contributed by atoms with van der Waals surface area (Å²) in [5, 5.41) is 3.81. The van der Waals surface area contributed by atoms with E-state index < -0.39 is 0 Å². The van der Waals surface area contributed by atoms with Crippen LogP contribution in [0.1, 0.15) is 24.4 Å². The number of rotatable bonds is 2. The molecule has 1 fully saturated rings. The summed E-state index contributed by atoms with van der Waals surface area (Å²) >= 11 is 7.74. The van der Waals surface area contributed by atoms with Crippen molar-refractivity contribution in [3.05, 3.63) is 64.1 Å². The van der Waals surface area contributed by atoms with Crippen LogP contribution in [-0.4, -0.2) is 17.1 Å². The molecule has 1 aromatic heterocycles. The molecule has 0 radical (unpaired) electrons. The number of halogens is 1. The van der Waals surface area contributed by atoms with Gasteiger partial charge in [0, 0.05) is 10.4 Å². The lowest BCUT2D eigenvalue weighted by molar-refractivity contribution is 0.0849. The van der Waals surface area contributed by atoms with Crippen molar-refractivity contribution in [2.45, 2.75) is 32.4 Å². The summed E-state index contributed by atoms with van der Waals surface area (Å²) < 4.78 is 1.15. The van der Waals surface area contributed by atoms with Gasteiger partial charge in [0.15, 0.2) is 0 Å². The van der Waals surface area contributed by atoms with E-state index in [9.17, 15) is 0 Å². The van der Waals surface area contributed by atoms with Gasteiger partial charge in [0.05, 0.1) is 21.9 Å². The predicted molar refractivity (Wildman–Crippen MR) is 109 cm³/mol. The first kappa shape index (κ1) is 16.3. The van der Waals surface area contributed by atoms with E-state index in [1.165, 1.54) is 11.3 Å². The Hall–Kier alpha value is -1.88. The van der Waals surface area contributed by atoms with Crippen molar-refractivity contribution < 1.29 is 4.84 Å². The quantitative estimate of drug-likeness (QED) is 0.565. The SMILES string of the molecule is CC1(C)C(C=Cc2nc3cc(Cl)ccc3s2)ON2c3ccccc3CC21. The fourth-order valence-electron chi connectivity index (χ4n) is 3.94. The maximum absolute atomic E-state index is 6.34. The third-order valence-corrected chi connectivity index (χ3v) is 6.76. The average molecular weight is 383 g/mol. The number of thiazole rings is 1. The van der Waals surface area contributed by atoms with Gasteiger partial charge in [-0.3, -0.25) is 4.84 Å². The highest BCUT2D eigenvalue weighted by Crippen LogP contribution is 2.48. The lowest BCUT2D eigenvalue weighted by Gasteiger charge is -2.26. The van der Waals surface area contributed by atoms with Crippen LogP contribution in [0.25, 0.3) is 16.3 Å². The number of hydrogen-bond donors (Lipinski definition) is 0. The number of hydrogen-bond acceptors (Lipinski definition) is 4. The van der Waals surface area contributed by atoms with Gasteiger partial charge in [0.25, 0.3) is 0 Å². The predicted octanol–water partition coefficient (Wildman–Crippen LogP) is 5.73. The Kier molecular flexibility index (Phi) is 3.64. The zero-order chi connectivity index (χ0) is 17.9. The molecule has 3 nitrogen and oxygen atoms in total. The first-order valence-electron chi connectivity index (χ1n) is 8.80. The fraction of sp³-hybridized carbons (Fsp3) is 0.286. The Balaban J connectivity index is 1.43. The number of anilines is 1. The van der Waals surface area contributed by atoms with E-state index in [0.29, 0.717) is 6.04 Å². The molecule has 2 unspecified atom stereocenters. The number of para-hydroxylation sites is 1.